The fourth-order valence-electron chi connectivity index (χ4n) is 2.29. The van der Waals surface area contributed by atoms with Crippen molar-refractivity contribution >= 4 is 23.0 Å². The Balaban J connectivity index is 1.72. The van der Waals surface area contributed by atoms with E-state index in [4.69, 9.17) is 4.74 Å². The summed E-state index contributed by atoms with van der Waals surface area (Å²) in [4.78, 5) is 8.54. The zero-order valence-electron chi connectivity index (χ0n) is 13.8. The molecule has 24 heavy (non-hydrogen) atoms. The van der Waals surface area contributed by atoms with Gasteiger partial charge in [-0.2, -0.15) is 0 Å². The van der Waals surface area contributed by atoms with Crippen LogP contribution in [0.1, 0.15) is 12.5 Å². The Hall–Kier alpha value is -3.08. The summed E-state index contributed by atoms with van der Waals surface area (Å²) in [7, 11) is 0. The van der Waals surface area contributed by atoms with Crippen molar-refractivity contribution in [3.8, 4) is 5.75 Å². The monoisotopic (exact) mass is 320 g/mol. The number of anilines is 4. The summed E-state index contributed by atoms with van der Waals surface area (Å²) in [6, 6.07) is 17.7. The quantitative estimate of drug-likeness (QED) is 0.691. The molecule has 1 aromatic heterocycles. The average molecular weight is 320 g/mol. The lowest BCUT2D eigenvalue weighted by Gasteiger charge is -2.11. The molecule has 0 radical (unpaired) electrons. The van der Waals surface area contributed by atoms with E-state index in [1.54, 1.807) is 0 Å². The van der Waals surface area contributed by atoms with E-state index in [1.807, 2.05) is 55.5 Å². The second kappa shape index (κ2) is 7.46. The van der Waals surface area contributed by atoms with Crippen LogP contribution in [-0.4, -0.2) is 16.6 Å². The van der Waals surface area contributed by atoms with Crippen LogP contribution >= 0.6 is 0 Å². The second-order valence-electron chi connectivity index (χ2n) is 5.31. The maximum atomic E-state index is 5.44. The smallest absolute Gasteiger partial charge is 0.135 e. The molecule has 0 fully saturated rings. The molecule has 2 N–H and O–H groups in total. The van der Waals surface area contributed by atoms with Gasteiger partial charge in [-0.1, -0.05) is 18.2 Å². The molecule has 0 bridgehead atoms. The van der Waals surface area contributed by atoms with Gasteiger partial charge in [0.15, 0.2) is 0 Å². The van der Waals surface area contributed by atoms with Crippen molar-refractivity contribution in [2.24, 2.45) is 0 Å². The summed E-state index contributed by atoms with van der Waals surface area (Å²) >= 11 is 0. The maximum absolute atomic E-state index is 5.44. The number of rotatable bonds is 6. The summed E-state index contributed by atoms with van der Waals surface area (Å²) < 4.78 is 5.44. The van der Waals surface area contributed by atoms with E-state index >= 15 is 0 Å². The van der Waals surface area contributed by atoms with E-state index in [9.17, 15) is 0 Å². The molecule has 0 unspecified atom stereocenters. The number of aryl methyl sites for hydroxylation is 1. The summed E-state index contributed by atoms with van der Waals surface area (Å²) in [5, 5.41) is 6.58. The van der Waals surface area contributed by atoms with Gasteiger partial charge in [0.05, 0.1) is 6.61 Å². The minimum absolute atomic E-state index is 0.659. The Morgan fingerprint density at radius 1 is 0.917 bits per heavy atom. The van der Waals surface area contributed by atoms with Crippen molar-refractivity contribution < 1.29 is 4.74 Å². The Bertz CT molecular complexity index is 802. The molecule has 3 rings (SSSR count). The molecule has 5 heteroatoms. The van der Waals surface area contributed by atoms with E-state index in [-0.39, 0.29) is 0 Å². The van der Waals surface area contributed by atoms with Gasteiger partial charge in [0.25, 0.3) is 0 Å². The zero-order chi connectivity index (χ0) is 16.8. The highest BCUT2D eigenvalue weighted by Crippen LogP contribution is 2.22. The van der Waals surface area contributed by atoms with E-state index in [0.717, 1.165) is 34.3 Å². The second-order valence-corrected chi connectivity index (χ2v) is 5.31. The predicted molar refractivity (Wildman–Crippen MR) is 97.4 cm³/mol. The third kappa shape index (κ3) is 4.01. The standard InChI is InChI=1S/C19H20N4O/c1-3-24-16-10-8-15(9-11-16)22-18-12-19(21-13-20-18)23-17-7-5-4-6-14(17)2/h4-13H,3H2,1-2H3,(H2,20,21,22,23). The first-order valence-electron chi connectivity index (χ1n) is 7.89. The van der Waals surface area contributed by atoms with Gasteiger partial charge < -0.3 is 15.4 Å². The first-order valence-corrected chi connectivity index (χ1v) is 7.89. The van der Waals surface area contributed by atoms with Gasteiger partial charge in [-0.3, -0.25) is 0 Å². The van der Waals surface area contributed by atoms with Crippen LogP contribution in [0.2, 0.25) is 0 Å². The van der Waals surface area contributed by atoms with Gasteiger partial charge in [-0.05, 0) is 49.7 Å². The number of hydrogen-bond donors (Lipinski definition) is 2. The van der Waals surface area contributed by atoms with Crippen LogP contribution in [0.3, 0.4) is 0 Å². The number of aromatic nitrogens is 2. The Morgan fingerprint density at radius 2 is 1.62 bits per heavy atom. The molecule has 0 saturated heterocycles. The first kappa shape index (κ1) is 15.8. The Kier molecular flexibility index (Phi) is 4.91. The number of para-hydroxylation sites is 1. The first-order chi connectivity index (χ1) is 11.7. The summed E-state index contributed by atoms with van der Waals surface area (Å²) in [6.45, 7) is 4.69. The molecule has 0 aliphatic heterocycles. The molecule has 0 atom stereocenters. The summed E-state index contributed by atoms with van der Waals surface area (Å²) in [5.74, 6) is 2.32. The highest BCUT2D eigenvalue weighted by atomic mass is 16.5. The van der Waals surface area contributed by atoms with Crippen molar-refractivity contribution in [2.45, 2.75) is 13.8 Å². The average Bonchev–Trinajstić information content (AvgIpc) is 2.59. The molecule has 0 aliphatic rings. The molecule has 2 aromatic carbocycles. The van der Waals surface area contributed by atoms with Crippen LogP contribution in [0.4, 0.5) is 23.0 Å². The molecule has 5 nitrogen and oxygen atoms in total. The SMILES string of the molecule is CCOc1ccc(Nc2cc(Nc3ccccc3C)ncn2)cc1. The van der Waals surface area contributed by atoms with E-state index < -0.39 is 0 Å². The summed E-state index contributed by atoms with van der Waals surface area (Å²) in [5.41, 5.74) is 3.14. The largest absolute Gasteiger partial charge is 0.494 e. The number of ether oxygens (including phenoxy) is 1. The van der Waals surface area contributed by atoms with E-state index in [1.165, 1.54) is 6.33 Å². The number of nitrogens with one attached hydrogen (secondary N) is 2. The van der Waals surface area contributed by atoms with Gasteiger partial charge >= 0.3 is 0 Å². The lowest BCUT2D eigenvalue weighted by molar-refractivity contribution is 0.340. The predicted octanol–water partition coefficient (Wildman–Crippen LogP) is 4.67. The van der Waals surface area contributed by atoms with Crippen LogP contribution in [0.15, 0.2) is 60.9 Å². The fraction of sp³-hybridized carbons (Fsp3) is 0.158. The molecule has 0 amide bonds. The van der Waals surface area contributed by atoms with Crippen LogP contribution in [0.5, 0.6) is 5.75 Å². The minimum Gasteiger partial charge on any atom is -0.494 e. The summed E-state index contributed by atoms with van der Waals surface area (Å²) in [6.07, 6.45) is 1.54. The fourth-order valence-corrected chi connectivity index (χ4v) is 2.29. The van der Waals surface area contributed by atoms with E-state index in [2.05, 4.69) is 33.6 Å². The van der Waals surface area contributed by atoms with Crippen molar-refractivity contribution in [1.82, 2.24) is 9.97 Å². The van der Waals surface area contributed by atoms with Gasteiger partial charge in [-0.25, -0.2) is 9.97 Å². The lowest BCUT2D eigenvalue weighted by atomic mass is 10.2. The highest BCUT2D eigenvalue weighted by Gasteiger charge is 2.02. The maximum Gasteiger partial charge on any atom is 0.135 e. The molecule has 0 saturated carbocycles. The molecule has 0 spiro atoms. The Labute approximate surface area is 141 Å². The molecule has 0 aliphatic carbocycles. The van der Waals surface area contributed by atoms with Gasteiger partial charge in [0.1, 0.15) is 23.7 Å². The van der Waals surface area contributed by atoms with Gasteiger partial charge in [0.2, 0.25) is 0 Å². The van der Waals surface area contributed by atoms with Crippen LogP contribution in [0, 0.1) is 6.92 Å². The number of benzene rings is 2. The zero-order valence-corrected chi connectivity index (χ0v) is 13.8. The van der Waals surface area contributed by atoms with Crippen molar-refractivity contribution in [3.05, 3.63) is 66.5 Å². The van der Waals surface area contributed by atoms with Gasteiger partial charge in [-0.15, -0.1) is 0 Å². The topological polar surface area (TPSA) is 59.1 Å². The van der Waals surface area contributed by atoms with Crippen LogP contribution in [0.25, 0.3) is 0 Å². The third-order valence-corrected chi connectivity index (χ3v) is 3.51. The molecular formula is C19H20N4O. The molecular weight excluding hydrogens is 300 g/mol. The van der Waals surface area contributed by atoms with Crippen molar-refractivity contribution in [3.63, 3.8) is 0 Å². The molecule has 1 heterocycles. The normalized spacial score (nSPS) is 10.2. The Morgan fingerprint density at radius 3 is 2.33 bits per heavy atom. The third-order valence-electron chi connectivity index (χ3n) is 3.51. The van der Waals surface area contributed by atoms with Crippen LogP contribution in [-0.2, 0) is 0 Å². The molecule has 122 valence electrons. The van der Waals surface area contributed by atoms with E-state index in [0.29, 0.717) is 6.61 Å². The number of hydrogen-bond acceptors (Lipinski definition) is 5. The van der Waals surface area contributed by atoms with Gasteiger partial charge in [0, 0.05) is 17.4 Å². The molecule has 3 aromatic rings. The minimum atomic E-state index is 0.659. The van der Waals surface area contributed by atoms with Crippen molar-refractivity contribution in [1.29, 1.82) is 0 Å². The lowest BCUT2D eigenvalue weighted by Crippen LogP contribution is -1.99. The number of nitrogens with zero attached hydrogens (tertiary/aromatic N) is 2. The van der Waals surface area contributed by atoms with Crippen LogP contribution < -0.4 is 15.4 Å². The van der Waals surface area contributed by atoms with Crippen molar-refractivity contribution in [2.75, 3.05) is 17.2 Å². The highest BCUT2D eigenvalue weighted by molar-refractivity contribution is 5.64.